The number of nitrogens with zero attached hydrogens (tertiary/aromatic N) is 3. The minimum absolute atomic E-state index is 0.235. The number of hydrogen-bond acceptors (Lipinski definition) is 6. The molecule has 1 aromatic carbocycles. The molecule has 3 aromatic rings. The van der Waals surface area contributed by atoms with Gasteiger partial charge in [-0.1, -0.05) is 0 Å². The summed E-state index contributed by atoms with van der Waals surface area (Å²) in [6.45, 7) is 1.69. The second kappa shape index (κ2) is 9.28. The SMILES string of the molecule is CC(NC(=O)C1(NC(=O)c2cncnc2)CC1)c1ccc(Nc2ccc(F)cc2C(F)(F)F)cn1. The van der Waals surface area contributed by atoms with Crippen LogP contribution in [0.4, 0.5) is 28.9 Å². The third kappa shape index (κ3) is 5.53. The van der Waals surface area contributed by atoms with E-state index in [1.54, 1.807) is 13.0 Å². The van der Waals surface area contributed by atoms with Crippen molar-refractivity contribution >= 4 is 23.2 Å². The maximum absolute atomic E-state index is 13.3. The fourth-order valence-electron chi connectivity index (χ4n) is 3.40. The molecule has 1 aliphatic rings. The molecule has 35 heavy (non-hydrogen) atoms. The molecule has 8 nitrogen and oxygen atoms in total. The van der Waals surface area contributed by atoms with Crippen molar-refractivity contribution in [3.63, 3.8) is 0 Å². The standard InChI is InChI=1S/C23H20F4N6O2/c1-13(31-21(35)22(6-7-22)33-20(34)14-9-28-12-29-10-14)18-5-3-16(11-30-18)32-19-4-2-15(24)8-17(19)23(25,26)27/h2-5,8-13,32H,6-7H2,1H3,(H,31,35)(H,33,34). The molecule has 1 unspecified atom stereocenters. The van der Waals surface area contributed by atoms with E-state index in [9.17, 15) is 27.2 Å². The van der Waals surface area contributed by atoms with Gasteiger partial charge in [-0.25, -0.2) is 14.4 Å². The fourth-order valence-corrected chi connectivity index (χ4v) is 3.40. The first kappa shape index (κ1) is 24.0. The van der Waals surface area contributed by atoms with Crippen LogP contribution >= 0.6 is 0 Å². The Labute approximate surface area is 197 Å². The van der Waals surface area contributed by atoms with E-state index in [1.165, 1.54) is 31.0 Å². The van der Waals surface area contributed by atoms with E-state index in [2.05, 4.69) is 30.9 Å². The lowest BCUT2D eigenvalue weighted by Crippen LogP contribution is -2.49. The zero-order valence-corrected chi connectivity index (χ0v) is 18.4. The van der Waals surface area contributed by atoms with Gasteiger partial charge >= 0.3 is 6.18 Å². The van der Waals surface area contributed by atoms with E-state index >= 15 is 0 Å². The van der Waals surface area contributed by atoms with Gasteiger partial charge in [-0.2, -0.15) is 13.2 Å². The quantitative estimate of drug-likeness (QED) is 0.435. The predicted octanol–water partition coefficient (Wildman–Crippen LogP) is 3.91. The Morgan fingerprint density at radius 1 is 1.06 bits per heavy atom. The Morgan fingerprint density at radius 2 is 1.77 bits per heavy atom. The van der Waals surface area contributed by atoms with E-state index in [4.69, 9.17) is 0 Å². The summed E-state index contributed by atoms with van der Waals surface area (Å²) in [6.07, 6.45) is 1.51. The summed E-state index contributed by atoms with van der Waals surface area (Å²) in [5, 5.41) is 8.11. The zero-order chi connectivity index (χ0) is 25.2. The van der Waals surface area contributed by atoms with Crippen LogP contribution in [-0.2, 0) is 11.0 Å². The van der Waals surface area contributed by atoms with Gasteiger partial charge in [0.25, 0.3) is 5.91 Å². The number of hydrogen-bond donors (Lipinski definition) is 3. The lowest BCUT2D eigenvalue weighted by molar-refractivity contribution is -0.137. The van der Waals surface area contributed by atoms with Crippen LogP contribution < -0.4 is 16.0 Å². The number of pyridine rings is 1. The van der Waals surface area contributed by atoms with Crippen molar-refractivity contribution in [2.24, 2.45) is 0 Å². The smallest absolute Gasteiger partial charge is 0.354 e. The van der Waals surface area contributed by atoms with Crippen LogP contribution in [0.25, 0.3) is 0 Å². The van der Waals surface area contributed by atoms with Crippen molar-refractivity contribution in [1.82, 2.24) is 25.6 Å². The van der Waals surface area contributed by atoms with Crippen molar-refractivity contribution in [3.05, 3.63) is 77.9 Å². The van der Waals surface area contributed by atoms with Gasteiger partial charge in [-0.15, -0.1) is 0 Å². The van der Waals surface area contributed by atoms with Crippen molar-refractivity contribution < 1.29 is 27.2 Å². The first-order chi connectivity index (χ1) is 16.6. The highest BCUT2D eigenvalue weighted by atomic mass is 19.4. The topological polar surface area (TPSA) is 109 Å². The molecular weight excluding hydrogens is 468 g/mol. The Hall–Kier alpha value is -4.09. The molecule has 1 atom stereocenters. The summed E-state index contributed by atoms with van der Waals surface area (Å²) < 4.78 is 52.9. The summed E-state index contributed by atoms with van der Waals surface area (Å²) in [5.41, 5.74) is -1.54. The van der Waals surface area contributed by atoms with Gasteiger partial charge in [0.05, 0.1) is 40.4 Å². The number of carbonyl (C=O) groups is 2. The van der Waals surface area contributed by atoms with Crippen LogP contribution in [0.5, 0.6) is 0 Å². The third-order valence-corrected chi connectivity index (χ3v) is 5.50. The number of aromatic nitrogens is 3. The highest BCUT2D eigenvalue weighted by Crippen LogP contribution is 2.37. The Bertz CT molecular complexity index is 1230. The highest BCUT2D eigenvalue weighted by Gasteiger charge is 2.51. The molecule has 4 rings (SSSR count). The van der Waals surface area contributed by atoms with Crippen LogP contribution in [0.1, 0.15) is 47.4 Å². The second-order valence-corrected chi connectivity index (χ2v) is 8.14. The maximum atomic E-state index is 13.3. The molecule has 0 saturated heterocycles. The number of amides is 2. The van der Waals surface area contributed by atoms with Crippen molar-refractivity contribution in [2.75, 3.05) is 5.32 Å². The molecule has 3 N–H and O–H groups in total. The summed E-state index contributed by atoms with van der Waals surface area (Å²) in [7, 11) is 0. The van der Waals surface area contributed by atoms with Crippen LogP contribution in [0.2, 0.25) is 0 Å². The Kier molecular flexibility index (Phi) is 6.37. The third-order valence-electron chi connectivity index (χ3n) is 5.50. The first-order valence-corrected chi connectivity index (χ1v) is 10.6. The van der Waals surface area contributed by atoms with Crippen molar-refractivity contribution in [1.29, 1.82) is 0 Å². The predicted molar refractivity (Wildman–Crippen MR) is 117 cm³/mol. The number of anilines is 2. The van der Waals surface area contributed by atoms with Crippen LogP contribution in [0.3, 0.4) is 0 Å². The summed E-state index contributed by atoms with van der Waals surface area (Å²) >= 11 is 0. The van der Waals surface area contributed by atoms with Gasteiger partial charge in [0, 0.05) is 12.4 Å². The largest absolute Gasteiger partial charge is 0.418 e. The van der Waals surface area contributed by atoms with Gasteiger partial charge in [-0.3, -0.25) is 14.6 Å². The molecular formula is C23H20F4N6O2. The Balaban J connectivity index is 1.39. The summed E-state index contributed by atoms with van der Waals surface area (Å²) in [6, 6.07) is 4.84. The number of benzene rings is 1. The van der Waals surface area contributed by atoms with Gasteiger partial charge < -0.3 is 16.0 Å². The average Bonchev–Trinajstić information content (AvgIpc) is 3.61. The number of carbonyl (C=O) groups excluding carboxylic acids is 2. The average molecular weight is 488 g/mol. The number of halogens is 4. The number of nitrogens with one attached hydrogen (secondary N) is 3. The number of rotatable bonds is 7. The minimum atomic E-state index is -4.74. The molecule has 0 bridgehead atoms. The van der Waals surface area contributed by atoms with Gasteiger partial charge in [0.1, 0.15) is 17.7 Å². The van der Waals surface area contributed by atoms with Crippen molar-refractivity contribution in [3.8, 4) is 0 Å². The summed E-state index contributed by atoms with van der Waals surface area (Å²) in [5.74, 6) is -1.83. The zero-order valence-electron chi connectivity index (χ0n) is 18.4. The van der Waals surface area contributed by atoms with Gasteiger partial charge in [0.2, 0.25) is 5.91 Å². The molecule has 0 aliphatic heterocycles. The van der Waals surface area contributed by atoms with E-state index < -0.39 is 35.0 Å². The molecule has 1 saturated carbocycles. The fraction of sp³-hybridized carbons (Fsp3) is 0.261. The summed E-state index contributed by atoms with van der Waals surface area (Å²) in [4.78, 5) is 37.0. The van der Waals surface area contributed by atoms with E-state index in [0.717, 1.165) is 12.1 Å². The second-order valence-electron chi connectivity index (χ2n) is 8.14. The van der Waals surface area contributed by atoms with E-state index in [1.807, 2.05) is 0 Å². The highest BCUT2D eigenvalue weighted by molar-refractivity contribution is 6.00. The Morgan fingerprint density at radius 3 is 2.37 bits per heavy atom. The molecule has 1 fully saturated rings. The maximum Gasteiger partial charge on any atom is 0.418 e. The molecule has 2 heterocycles. The lowest BCUT2D eigenvalue weighted by Gasteiger charge is -2.21. The minimum Gasteiger partial charge on any atom is -0.354 e. The number of alkyl halides is 3. The van der Waals surface area contributed by atoms with Crippen LogP contribution in [0.15, 0.2) is 55.2 Å². The lowest BCUT2D eigenvalue weighted by atomic mass is 10.1. The van der Waals surface area contributed by atoms with Crippen LogP contribution in [0, 0.1) is 5.82 Å². The monoisotopic (exact) mass is 488 g/mol. The van der Waals surface area contributed by atoms with E-state index in [-0.39, 0.29) is 22.8 Å². The molecule has 12 heteroatoms. The van der Waals surface area contributed by atoms with Gasteiger partial charge in [0.15, 0.2) is 0 Å². The van der Waals surface area contributed by atoms with Crippen molar-refractivity contribution in [2.45, 2.75) is 37.5 Å². The molecule has 0 radical (unpaired) electrons. The normalized spacial score (nSPS) is 15.1. The van der Waals surface area contributed by atoms with Crippen LogP contribution in [-0.4, -0.2) is 32.3 Å². The molecule has 2 aromatic heterocycles. The first-order valence-electron chi connectivity index (χ1n) is 10.6. The van der Waals surface area contributed by atoms with Gasteiger partial charge in [-0.05, 0) is 50.1 Å². The molecule has 182 valence electrons. The van der Waals surface area contributed by atoms with E-state index in [0.29, 0.717) is 24.6 Å². The molecule has 1 aliphatic carbocycles. The molecule has 2 amide bonds. The molecule has 0 spiro atoms.